The molecule has 0 saturated carbocycles. The van der Waals surface area contributed by atoms with Gasteiger partial charge in [-0.3, -0.25) is 0 Å². The summed E-state index contributed by atoms with van der Waals surface area (Å²) in [5.41, 5.74) is 2.18. The maximum atomic E-state index is 10.2. The van der Waals surface area contributed by atoms with Crippen molar-refractivity contribution in [2.24, 2.45) is 0 Å². The molecule has 0 fully saturated rings. The Morgan fingerprint density at radius 2 is 1.67 bits per heavy atom. The normalized spacial score (nSPS) is 14.4. The summed E-state index contributed by atoms with van der Waals surface area (Å²) in [6, 6.07) is 11.8. The summed E-state index contributed by atoms with van der Waals surface area (Å²) in [4.78, 5) is 0. The number of rotatable bonds is 4. The van der Waals surface area contributed by atoms with E-state index in [9.17, 15) is 5.11 Å². The molecule has 0 aliphatic heterocycles. The molecule has 0 aliphatic rings. The standard InChI is InChI=1S/C16H20O2/c1-4-11(2)13-6-8-14(9-7-13)16(17)15-10-5-12(3)18-15/h5-11,16-17H,4H2,1-3H3. The van der Waals surface area contributed by atoms with Crippen LogP contribution in [0.4, 0.5) is 0 Å². The van der Waals surface area contributed by atoms with Gasteiger partial charge in [0.25, 0.3) is 0 Å². The lowest BCUT2D eigenvalue weighted by molar-refractivity contribution is 0.187. The lowest BCUT2D eigenvalue weighted by Crippen LogP contribution is -1.99. The first-order chi connectivity index (χ1) is 8.61. The van der Waals surface area contributed by atoms with Gasteiger partial charge < -0.3 is 9.52 Å². The first kappa shape index (κ1) is 12.9. The number of aliphatic hydroxyl groups excluding tert-OH is 1. The van der Waals surface area contributed by atoms with Crippen LogP contribution < -0.4 is 0 Å². The number of hydrogen-bond acceptors (Lipinski definition) is 2. The summed E-state index contributed by atoms with van der Waals surface area (Å²) in [5, 5.41) is 10.2. The number of aliphatic hydroxyl groups is 1. The fourth-order valence-electron chi connectivity index (χ4n) is 2.01. The van der Waals surface area contributed by atoms with Gasteiger partial charge in [0.15, 0.2) is 0 Å². The van der Waals surface area contributed by atoms with E-state index in [1.807, 2.05) is 31.2 Å². The monoisotopic (exact) mass is 244 g/mol. The molecule has 0 aliphatic carbocycles. The zero-order chi connectivity index (χ0) is 13.1. The highest BCUT2D eigenvalue weighted by Gasteiger charge is 2.14. The predicted octanol–water partition coefficient (Wildman–Crippen LogP) is 4.18. The molecule has 0 bridgehead atoms. The van der Waals surface area contributed by atoms with Crippen molar-refractivity contribution in [3.05, 3.63) is 59.0 Å². The molecule has 1 aromatic carbocycles. The van der Waals surface area contributed by atoms with Gasteiger partial charge >= 0.3 is 0 Å². The van der Waals surface area contributed by atoms with Crippen molar-refractivity contribution in [3.63, 3.8) is 0 Å². The van der Waals surface area contributed by atoms with Crippen molar-refractivity contribution < 1.29 is 9.52 Å². The Morgan fingerprint density at radius 3 is 2.17 bits per heavy atom. The SMILES string of the molecule is CCC(C)c1ccc(C(O)c2ccc(C)o2)cc1. The van der Waals surface area contributed by atoms with Crippen LogP contribution >= 0.6 is 0 Å². The second kappa shape index (κ2) is 5.40. The van der Waals surface area contributed by atoms with Crippen LogP contribution in [0.5, 0.6) is 0 Å². The van der Waals surface area contributed by atoms with Gasteiger partial charge in [0.05, 0.1) is 0 Å². The fraction of sp³-hybridized carbons (Fsp3) is 0.375. The van der Waals surface area contributed by atoms with E-state index in [0.29, 0.717) is 11.7 Å². The minimum atomic E-state index is -0.676. The van der Waals surface area contributed by atoms with E-state index in [-0.39, 0.29) is 0 Å². The molecule has 18 heavy (non-hydrogen) atoms. The maximum absolute atomic E-state index is 10.2. The molecule has 0 spiro atoms. The molecule has 1 N–H and O–H groups in total. The molecule has 2 aromatic rings. The number of hydrogen-bond donors (Lipinski definition) is 1. The topological polar surface area (TPSA) is 33.4 Å². The Balaban J connectivity index is 2.19. The third-order valence-electron chi connectivity index (χ3n) is 3.46. The third-order valence-corrected chi connectivity index (χ3v) is 3.46. The minimum absolute atomic E-state index is 0.557. The average molecular weight is 244 g/mol. The van der Waals surface area contributed by atoms with Crippen molar-refractivity contribution in [2.75, 3.05) is 0 Å². The Hall–Kier alpha value is -1.54. The van der Waals surface area contributed by atoms with Gasteiger partial charge in [-0.05, 0) is 42.5 Å². The van der Waals surface area contributed by atoms with Crippen molar-refractivity contribution in [3.8, 4) is 0 Å². The summed E-state index contributed by atoms with van der Waals surface area (Å²) in [6.45, 7) is 6.27. The van der Waals surface area contributed by atoms with Crippen LogP contribution in [0, 0.1) is 6.92 Å². The summed E-state index contributed by atoms with van der Waals surface area (Å²) in [7, 11) is 0. The maximum Gasteiger partial charge on any atom is 0.137 e. The molecule has 0 radical (unpaired) electrons. The lowest BCUT2D eigenvalue weighted by atomic mass is 9.96. The van der Waals surface area contributed by atoms with Gasteiger partial charge in [0.2, 0.25) is 0 Å². The van der Waals surface area contributed by atoms with Crippen molar-refractivity contribution in [1.82, 2.24) is 0 Å². The van der Waals surface area contributed by atoms with Crippen LogP contribution in [0.3, 0.4) is 0 Å². The average Bonchev–Trinajstić information content (AvgIpc) is 2.84. The van der Waals surface area contributed by atoms with Crippen LogP contribution in [-0.2, 0) is 0 Å². The Morgan fingerprint density at radius 1 is 1.06 bits per heavy atom. The minimum Gasteiger partial charge on any atom is -0.463 e. The summed E-state index contributed by atoms with van der Waals surface area (Å²) >= 11 is 0. The molecule has 2 rings (SSSR count). The van der Waals surface area contributed by atoms with Crippen molar-refractivity contribution in [1.29, 1.82) is 0 Å². The first-order valence-corrected chi connectivity index (χ1v) is 6.46. The van der Waals surface area contributed by atoms with Gasteiger partial charge in [-0.15, -0.1) is 0 Å². The van der Waals surface area contributed by atoms with Gasteiger partial charge in [-0.2, -0.15) is 0 Å². The number of aryl methyl sites for hydroxylation is 1. The van der Waals surface area contributed by atoms with Crippen LogP contribution in [0.2, 0.25) is 0 Å². The Kier molecular flexibility index (Phi) is 3.87. The van der Waals surface area contributed by atoms with E-state index < -0.39 is 6.10 Å². The molecule has 1 heterocycles. The molecule has 2 unspecified atom stereocenters. The van der Waals surface area contributed by atoms with E-state index in [1.165, 1.54) is 5.56 Å². The second-order valence-electron chi connectivity index (χ2n) is 4.83. The predicted molar refractivity (Wildman–Crippen MR) is 72.7 cm³/mol. The van der Waals surface area contributed by atoms with Crippen LogP contribution in [-0.4, -0.2) is 5.11 Å². The highest BCUT2D eigenvalue weighted by molar-refractivity contribution is 5.30. The molecule has 2 heteroatoms. The van der Waals surface area contributed by atoms with Gasteiger partial charge in [-0.25, -0.2) is 0 Å². The molecule has 96 valence electrons. The summed E-state index contributed by atoms with van der Waals surface area (Å²) in [6.07, 6.45) is 0.448. The summed E-state index contributed by atoms with van der Waals surface area (Å²) < 4.78 is 5.45. The summed E-state index contributed by atoms with van der Waals surface area (Å²) in [5.74, 6) is 1.98. The fourth-order valence-corrected chi connectivity index (χ4v) is 2.01. The quantitative estimate of drug-likeness (QED) is 0.875. The largest absolute Gasteiger partial charge is 0.463 e. The highest BCUT2D eigenvalue weighted by atomic mass is 16.4. The molecular weight excluding hydrogens is 224 g/mol. The molecule has 2 nitrogen and oxygen atoms in total. The third kappa shape index (κ3) is 2.65. The molecule has 0 amide bonds. The zero-order valence-electron chi connectivity index (χ0n) is 11.2. The van der Waals surface area contributed by atoms with Crippen molar-refractivity contribution >= 4 is 0 Å². The highest BCUT2D eigenvalue weighted by Crippen LogP contribution is 2.26. The molecule has 1 aromatic heterocycles. The first-order valence-electron chi connectivity index (χ1n) is 6.46. The Bertz CT molecular complexity index is 496. The zero-order valence-corrected chi connectivity index (χ0v) is 11.2. The second-order valence-corrected chi connectivity index (χ2v) is 4.83. The Labute approximate surface area is 108 Å². The van der Waals surface area contributed by atoms with E-state index in [1.54, 1.807) is 0 Å². The van der Waals surface area contributed by atoms with Gasteiger partial charge in [0, 0.05) is 0 Å². The molecular formula is C16H20O2. The smallest absolute Gasteiger partial charge is 0.137 e. The van der Waals surface area contributed by atoms with E-state index in [2.05, 4.69) is 26.0 Å². The van der Waals surface area contributed by atoms with E-state index >= 15 is 0 Å². The van der Waals surface area contributed by atoms with E-state index in [4.69, 9.17) is 4.42 Å². The van der Waals surface area contributed by atoms with Crippen LogP contribution in [0.1, 0.15) is 54.9 Å². The van der Waals surface area contributed by atoms with Crippen molar-refractivity contribution in [2.45, 2.75) is 39.2 Å². The lowest BCUT2D eigenvalue weighted by Gasteiger charge is -2.12. The van der Waals surface area contributed by atoms with Gasteiger partial charge in [-0.1, -0.05) is 38.1 Å². The van der Waals surface area contributed by atoms with Crippen LogP contribution in [0.15, 0.2) is 40.8 Å². The molecule has 0 saturated heterocycles. The number of furan rings is 1. The van der Waals surface area contributed by atoms with E-state index in [0.717, 1.165) is 17.7 Å². The number of benzene rings is 1. The molecule has 2 atom stereocenters. The van der Waals surface area contributed by atoms with Crippen LogP contribution in [0.25, 0.3) is 0 Å². The van der Waals surface area contributed by atoms with Gasteiger partial charge in [0.1, 0.15) is 17.6 Å².